The lowest BCUT2D eigenvalue weighted by molar-refractivity contribution is 0.0726. The van der Waals surface area contributed by atoms with Crippen molar-refractivity contribution in [1.82, 2.24) is 25.5 Å². The highest BCUT2D eigenvalue weighted by Crippen LogP contribution is 2.34. The van der Waals surface area contributed by atoms with Crippen LogP contribution in [0.15, 0.2) is 42.5 Å². The quantitative estimate of drug-likeness (QED) is 0.536. The molecule has 1 aliphatic heterocycles. The van der Waals surface area contributed by atoms with Crippen LogP contribution >= 0.6 is 23.2 Å². The molecule has 2 heterocycles. The molecule has 2 aromatic carbocycles. The summed E-state index contributed by atoms with van der Waals surface area (Å²) < 4.78 is 1.59. The van der Waals surface area contributed by atoms with Crippen LogP contribution in [0.25, 0.3) is 16.9 Å². The topological polar surface area (TPSA) is 82.4 Å². The van der Waals surface area contributed by atoms with Gasteiger partial charge in [0, 0.05) is 33.8 Å². The van der Waals surface area contributed by atoms with Crippen LogP contribution in [0, 0.1) is 0 Å². The molecule has 1 fully saturated rings. The molecule has 4 rings (SSSR count). The van der Waals surface area contributed by atoms with Crippen molar-refractivity contribution in [3.63, 3.8) is 0 Å². The van der Waals surface area contributed by atoms with Crippen LogP contribution in [-0.2, 0) is 6.42 Å². The first-order chi connectivity index (χ1) is 15.0. The molecular weight excluding hydrogens is 437 g/mol. The van der Waals surface area contributed by atoms with E-state index in [0.717, 1.165) is 36.3 Å². The monoisotopic (exact) mass is 459 g/mol. The Morgan fingerprint density at radius 3 is 2.58 bits per heavy atom. The number of phenolic OH excluding ortho intramolecular Hbond substituents is 1. The zero-order valence-electron chi connectivity index (χ0n) is 17.0. The number of hydrazine groups is 1. The normalized spacial score (nSPS) is 14.5. The molecule has 3 aromatic rings. The number of halogens is 2. The molecule has 31 heavy (non-hydrogen) atoms. The van der Waals surface area contributed by atoms with Crippen molar-refractivity contribution < 1.29 is 9.90 Å². The molecule has 3 N–H and O–H groups in total. The number of nitrogens with one attached hydrogen (secondary N) is 2. The van der Waals surface area contributed by atoms with E-state index in [4.69, 9.17) is 23.2 Å². The van der Waals surface area contributed by atoms with Gasteiger partial charge in [-0.05, 0) is 43.7 Å². The molecule has 0 spiro atoms. The Kier molecular flexibility index (Phi) is 6.48. The van der Waals surface area contributed by atoms with Gasteiger partial charge >= 0.3 is 0 Å². The zero-order valence-corrected chi connectivity index (χ0v) is 18.5. The summed E-state index contributed by atoms with van der Waals surface area (Å²) in [5.41, 5.74) is 6.02. The van der Waals surface area contributed by atoms with Crippen LogP contribution in [0.4, 0.5) is 0 Å². The van der Waals surface area contributed by atoms with Gasteiger partial charge in [0.15, 0.2) is 5.69 Å². The van der Waals surface area contributed by atoms with E-state index in [-0.39, 0.29) is 11.7 Å². The molecule has 1 aliphatic rings. The van der Waals surface area contributed by atoms with E-state index >= 15 is 0 Å². The van der Waals surface area contributed by atoms with Crippen molar-refractivity contribution in [3.05, 3.63) is 63.8 Å². The first-order valence-corrected chi connectivity index (χ1v) is 10.9. The Bertz CT molecular complexity index is 1090. The van der Waals surface area contributed by atoms with Gasteiger partial charge in [-0.3, -0.25) is 10.2 Å². The third-order valence-electron chi connectivity index (χ3n) is 5.18. The molecule has 7 nitrogen and oxygen atoms in total. The van der Waals surface area contributed by atoms with Gasteiger partial charge in [-0.1, -0.05) is 42.3 Å². The predicted molar refractivity (Wildman–Crippen MR) is 122 cm³/mol. The van der Waals surface area contributed by atoms with Crippen LogP contribution in [0.1, 0.15) is 29.4 Å². The number of phenols is 1. The standard InChI is InChI=1S/C22H23Cl2N5O2/c1-2-17-20(22(31)27-28-11-3-10-25-13-28)26-29(18-9-8-16(24)12-19(18)30)21(17)14-4-6-15(23)7-5-14/h4-9,12,25,30H,2-3,10-11,13H2,1H3,(H,27,31). The highest BCUT2D eigenvalue weighted by Gasteiger charge is 2.26. The number of nitrogens with zero attached hydrogens (tertiary/aromatic N) is 3. The Morgan fingerprint density at radius 1 is 1.19 bits per heavy atom. The number of carbonyl (C=O) groups is 1. The summed E-state index contributed by atoms with van der Waals surface area (Å²) >= 11 is 12.1. The number of hydrogen-bond acceptors (Lipinski definition) is 5. The maximum atomic E-state index is 13.2. The van der Waals surface area contributed by atoms with Crippen molar-refractivity contribution in [1.29, 1.82) is 0 Å². The second kappa shape index (κ2) is 9.28. The van der Waals surface area contributed by atoms with Crippen LogP contribution in [0.2, 0.25) is 10.0 Å². The van der Waals surface area contributed by atoms with E-state index in [9.17, 15) is 9.90 Å². The largest absolute Gasteiger partial charge is 0.506 e. The van der Waals surface area contributed by atoms with E-state index in [0.29, 0.717) is 34.5 Å². The lowest BCUT2D eigenvalue weighted by Gasteiger charge is -2.27. The first kappa shape index (κ1) is 21.6. The fraction of sp³-hybridized carbons (Fsp3) is 0.273. The molecule has 0 bridgehead atoms. The lowest BCUT2D eigenvalue weighted by atomic mass is 10.0. The van der Waals surface area contributed by atoms with Gasteiger partial charge in [-0.15, -0.1) is 0 Å². The van der Waals surface area contributed by atoms with Gasteiger partial charge in [0.05, 0.1) is 12.4 Å². The number of hydrogen-bond donors (Lipinski definition) is 3. The fourth-order valence-electron chi connectivity index (χ4n) is 3.70. The van der Waals surface area contributed by atoms with Crippen LogP contribution in [0.3, 0.4) is 0 Å². The lowest BCUT2D eigenvalue weighted by Crippen LogP contribution is -2.51. The summed E-state index contributed by atoms with van der Waals surface area (Å²) in [4.78, 5) is 13.2. The SMILES string of the molecule is CCc1c(C(=O)NN2CCCNC2)nn(-c2ccc(Cl)cc2O)c1-c1ccc(Cl)cc1. The summed E-state index contributed by atoms with van der Waals surface area (Å²) in [6.07, 6.45) is 1.53. The Morgan fingerprint density at radius 2 is 1.94 bits per heavy atom. The van der Waals surface area contributed by atoms with Crippen molar-refractivity contribution in [2.24, 2.45) is 0 Å². The summed E-state index contributed by atoms with van der Waals surface area (Å²) in [6.45, 7) is 4.25. The molecule has 1 aromatic heterocycles. The van der Waals surface area contributed by atoms with E-state index in [1.54, 1.807) is 28.9 Å². The van der Waals surface area contributed by atoms with Crippen LogP contribution < -0.4 is 10.7 Å². The van der Waals surface area contributed by atoms with E-state index in [2.05, 4.69) is 15.8 Å². The summed E-state index contributed by atoms with van der Waals surface area (Å²) in [5.74, 6) is -0.317. The number of carbonyl (C=O) groups excluding carboxylic acids is 1. The van der Waals surface area contributed by atoms with Crippen molar-refractivity contribution in [2.75, 3.05) is 19.8 Å². The van der Waals surface area contributed by atoms with Crippen LogP contribution in [0.5, 0.6) is 5.75 Å². The van der Waals surface area contributed by atoms with Gasteiger partial charge in [-0.2, -0.15) is 5.10 Å². The minimum Gasteiger partial charge on any atom is -0.506 e. The average molecular weight is 460 g/mol. The van der Waals surface area contributed by atoms with Gasteiger partial charge in [0.25, 0.3) is 5.91 Å². The maximum Gasteiger partial charge on any atom is 0.286 e. The Balaban J connectivity index is 1.84. The molecule has 0 aliphatic carbocycles. The highest BCUT2D eigenvalue weighted by atomic mass is 35.5. The smallest absolute Gasteiger partial charge is 0.286 e. The minimum absolute atomic E-state index is 0.0277. The average Bonchev–Trinajstić information content (AvgIpc) is 3.14. The highest BCUT2D eigenvalue weighted by molar-refractivity contribution is 6.31. The van der Waals surface area contributed by atoms with E-state index in [1.165, 1.54) is 6.07 Å². The first-order valence-electron chi connectivity index (χ1n) is 10.1. The van der Waals surface area contributed by atoms with Gasteiger partial charge < -0.3 is 10.4 Å². The second-order valence-corrected chi connectivity index (χ2v) is 8.17. The van der Waals surface area contributed by atoms with Gasteiger partial charge in [0.2, 0.25) is 0 Å². The number of aromatic hydroxyl groups is 1. The Labute approximate surface area is 190 Å². The van der Waals surface area contributed by atoms with Gasteiger partial charge in [-0.25, -0.2) is 9.69 Å². The summed E-state index contributed by atoms with van der Waals surface area (Å²) in [6, 6.07) is 12.1. The number of amides is 1. The molecule has 0 radical (unpaired) electrons. The van der Waals surface area contributed by atoms with Crippen LogP contribution in [-0.4, -0.2) is 45.6 Å². The minimum atomic E-state index is -0.289. The zero-order chi connectivity index (χ0) is 22.0. The van der Waals surface area contributed by atoms with Crippen molar-refractivity contribution in [3.8, 4) is 22.7 Å². The fourth-order valence-corrected chi connectivity index (χ4v) is 3.99. The van der Waals surface area contributed by atoms with E-state index < -0.39 is 0 Å². The van der Waals surface area contributed by atoms with E-state index in [1.807, 2.05) is 24.1 Å². The molecule has 1 amide bonds. The third-order valence-corrected chi connectivity index (χ3v) is 5.67. The number of rotatable bonds is 5. The molecular formula is C22H23Cl2N5O2. The number of aromatic nitrogens is 2. The maximum absolute atomic E-state index is 13.2. The number of benzene rings is 2. The molecule has 162 valence electrons. The Hall–Kier alpha value is -2.58. The summed E-state index contributed by atoms with van der Waals surface area (Å²) in [7, 11) is 0. The summed E-state index contributed by atoms with van der Waals surface area (Å²) in [5, 5.41) is 21.3. The molecule has 0 unspecified atom stereocenters. The molecule has 0 saturated carbocycles. The van der Waals surface area contributed by atoms with Crippen molar-refractivity contribution in [2.45, 2.75) is 19.8 Å². The molecule has 1 saturated heterocycles. The third kappa shape index (κ3) is 4.55. The van der Waals surface area contributed by atoms with Crippen molar-refractivity contribution >= 4 is 29.1 Å². The molecule has 9 heteroatoms. The predicted octanol–water partition coefficient (Wildman–Crippen LogP) is 4.01. The molecule has 0 atom stereocenters. The van der Waals surface area contributed by atoms with Gasteiger partial charge in [0.1, 0.15) is 11.4 Å². The second-order valence-electron chi connectivity index (χ2n) is 7.30.